The minimum absolute atomic E-state index is 0.203. The molecule has 1 N–H and O–H groups in total. The van der Waals surface area contributed by atoms with E-state index in [9.17, 15) is 18.0 Å². The standard InChI is InChI=1S/C21H18ClF3N4O2/c1-31-18-5-3-13(22)8-14(18)16-4-2-12(9-26-16)10-29-7-6-17-15(11-29)19(30)28-20(27-17)21(23,24)25/h2-5,8-9H,6-7,10-11H2,1H3,(H,27,28,30). The van der Waals surface area contributed by atoms with Crippen molar-refractivity contribution in [1.82, 2.24) is 19.9 Å². The van der Waals surface area contributed by atoms with E-state index >= 15 is 0 Å². The lowest BCUT2D eigenvalue weighted by Crippen LogP contribution is -2.36. The van der Waals surface area contributed by atoms with E-state index in [1.165, 1.54) is 0 Å². The van der Waals surface area contributed by atoms with Gasteiger partial charge < -0.3 is 9.72 Å². The molecular formula is C21H18ClF3N4O2. The maximum Gasteiger partial charge on any atom is 0.449 e. The topological polar surface area (TPSA) is 71.1 Å². The minimum atomic E-state index is -4.68. The molecule has 0 radical (unpaired) electrons. The number of benzene rings is 1. The number of aromatic amines is 1. The third kappa shape index (κ3) is 4.57. The zero-order valence-corrected chi connectivity index (χ0v) is 17.2. The van der Waals surface area contributed by atoms with Crippen molar-refractivity contribution < 1.29 is 17.9 Å². The number of alkyl halides is 3. The number of aromatic nitrogens is 3. The van der Waals surface area contributed by atoms with Crippen LogP contribution in [0.4, 0.5) is 13.2 Å². The third-order valence-electron chi connectivity index (χ3n) is 5.08. The van der Waals surface area contributed by atoms with Crippen LogP contribution >= 0.6 is 11.6 Å². The lowest BCUT2D eigenvalue weighted by Gasteiger charge is -2.27. The number of rotatable bonds is 4. The Hall–Kier alpha value is -2.91. The van der Waals surface area contributed by atoms with Gasteiger partial charge in [0.2, 0.25) is 5.82 Å². The molecule has 0 amide bonds. The smallest absolute Gasteiger partial charge is 0.449 e. The van der Waals surface area contributed by atoms with E-state index in [0.717, 1.165) is 11.1 Å². The zero-order chi connectivity index (χ0) is 22.2. The summed E-state index contributed by atoms with van der Waals surface area (Å²) in [7, 11) is 1.57. The highest BCUT2D eigenvalue weighted by molar-refractivity contribution is 6.30. The summed E-state index contributed by atoms with van der Waals surface area (Å²) in [5, 5.41) is 0.571. The normalized spacial score (nSPS) is 14.4. The van der Waals surface area contributed by atoms with Crippen LogP contribution in [0.15, 0.2) is 41.3 Å². The molecule has 1 aliphatic heterocycles. The minimum Gasteiger partial charge on any atom is -0.496 e. The lowest BCUT2D eigenvalue weighted by molar-refractivity contribution is -0.145. The van der Waals surface area contributed by atoms with Crippen LogP contribution in [-0.4, -0.2) is 33.5 Å². The first-order valence-electron chi connectivity index (χ1n) is 9.45. The molecule has 0 saturated heterocycles. The van der Waals surface area contributed by atoms with E-state index in [1.807, 2.05) is 22.0 Å². The van der Waals surface area contributed by atoms with Crippen molar-refractivity contribution in [3.8, 4) is 17.0 Å². The van der Waals surface area contributed by atoms with Crippen molar-refractivity contribution in [2.24, 2.45) is 0 Å². The summed E-state index contributed by atoms with van der Waals surface area (Å²) < 4.78 is 44.0. The number of H-pyrrole nitrogens is 1. The Bertz CT molecular complexity index is 1160. The Balaban J connectivity index is 1.51. The number of nitrogens with zero attached hydrogens (tertiary/aromatic N) is 3. The molecule has 2 aromatic heterocycles. The summed E-state index contributed by atoms with van der Waals surface area (Å²) >= 11 is 6.09. The van der Waals surface area contributed by atoms with Crippen molar-refractivity contribution in [3.63, 3.8) is 0 Å². The largest absolute Gasteiger partial charge is 0.496 e. The van der Waals surface area contributed by atoms with E-state index in [-0.39, 0.29) is 24.2 Å². The van der Waals surface area contributed by atoms with Crippen molar-refractivity contribution in [3.05, 3.63) is 74.6 Å². The van der Waals surface area contributed by atoms with Gasteiger partial charge in [-0.25, -0.2) is 4.98 Å². The molecule has 0 fully saturated rings. The zero-order valence-electron chi connectivity index (χ0n) is 16.5. The van der Waals surface area contributed by atoms with Gasteiger partial charge in [0.1, 0.15) is 5.75 Å². The summed E-state index contributed by atoms with van der Waals surface area (Å²) in [6, 6.07) is 9.05. The average molecular weight is 451 g/mol. The Morgan fingerprint density at radius 3 is 2.74 bits per heavy atom. The molecule has 1 aromatic carbocycles. The highest BCUT2D eigenvalue weighted by Gasteiger charge is 2.35. The van der Waals surface area contributed by atoms with E-state index in [4.69, 9.17) is 16.3 Å². The highest BCUT2D eigenvalue weighted by Crippen LogP contribution is 2.31. The van der Waals surface area contributed by atoms with Crippen molar-refractivity contribution in [2.45, 2.75) is 25.7 Å². The highest BCUT2D eigenvalue weighted by atomic mass is 35.5. The number of halogens is 4. The summed E-state index contributed by atoms with van der Waals surface area (Å²) in [6.45, 7) is 1.21. The first-order valence-corrected chi connectivity index (χ1v) is 9.83. The van der Waals surface area contributed by atoms with Gasteiger partial charge in [0, 0.05) is 42.8 Å². The molecule has 162 valence electrons. The van der Waals surface area contributed by atoms with E-state index < -0.39 is 17.6 Å². The summed E-state index contributed by atoms with van der Waals surface area (Å²) in [4.78, 5) is 24.1. The summed E-state index contributed by atoms with van der Waals surface area (Å²) in [6.07, 6.45) is -2.68. The maximum absolute atomic E-state index is 12.9. The van der Waals surface area contributed by atoms with Crippen LogP contribution < -0.4 is 10.3 Å². The maximum atomic E-state index is 12.9. The summed E-state index contributed by atoms with van der Waals surface area (Å²) in [5.74, 6) is -0.594. The van der Waals surface area contributed by atoms with Crippen LogP contribution in [0.2, 0.25) is 5.02 Å². The summed E-state index contributed by atoms with van der Waals surface area (Å²) in [5.41, 5.74) is 2.10. The second-order valence-electron chi connectivity index (χ2n) is 7.19. The molecule has 0 bridgehead atoms. The van der Waals surface area contributed by atoms with Crippen molar-refractivity contribution in [2.75, 3.05) is 13.7 Å². The fourth-order valence-electron chi connectivity index (χ4n) is 3.57. The number of ether oxygens (including phenoxy) is 1. The molecule has 0 atom stereocenters. The molecule has 3 heterocycles. The van der Waals surface area contributed by atoms with Gasteiger partial charge in [-0.2, -0.15) is 13.2 Å². The first-order chi connectivity index (χ1) is 14.7. The monoisotopic (exact) mass is 450 g/mol. The van der Waals surface area contributed by atoms with E-state index in [0.29, 0.717) is 29.6 Å². The van der Waals surface area contributed by atoms with Crippen molar-refractivity contribution >= 4 is 11.6 Å². The molecule has 0 aliphatic carbocycles. The van der Waals surface area contributed by atoms with Gasteiger partial charge in [-0.05, 0) is 29.8 Å². The number of hydrogen-bond donors (Lipinski definition) is 1. The predicted molar refractivity (Wildman–Crippen MR) is 109 cm³/mol. The number of pyridine rings is 1. The second-order valence-corrected chi connectivity index (χ2v) is 7.63. The number of nitrogens with one attached hydrogen (secondary N) is 1. The van der Waals surface area contributed by atoms with Crippen LogP contribution in [-0.2, 0) is 25.7 Å². The van der Waals surface area contributed by atoms with Gasteiger partial charge in [-0.1, -0.05) is 17.7 Å². The molecule has 0 saturated carbocycles. The van der Waals surface area contributed by atoms with Crippen LogP contribution in [0.5, 0.6) is 5.75 Å². The molecule has 10 heteroatoms. The SMILES string of the molecule is COc1ccc(Cl)cc1-c1ccc(CN2CCc3nc(C(F)(F)F)[nH]c(=O)c3C2)cn1. The Morgan fingerprint density at radius 1 is 1.26 bits per heavy atom. The number of methoxy groups -OCH3 is 1. The van der Waals surface area contributed by atoms with Gasteiger partial charge in [0.05, 0.1) is 24.1 Å². The van der Waals surface area contributed by atoms with E-state index in [2.05, 4.69) is 9.97 Å². The second kappa shape index (κ2) is 8.32. The molecule has 31 heavy (non-hydrogen) atoms. The fourth-order valence-corrected chi connectivity index (χ4v) is 3.74. The molecule has 4 rings (SSSR count). The number of fused-ring (bicyclic) bond motifs is 1. The molecule has 1 aliphatic rings. The molecule has 0 spiro atoms. The lowest BCUT2D eigenvalue weighted by atomic mass is 10.1. The quantitative estimate of drug-likeness (QED) is 0.648. The molecule has 6 nitrogen and oxygen atoms in total. The van der Waals surface area contributed by atoms with Crippen LogP contribution in [0.25, 0.3) is 11.3 Å². The molecular weight excluding hydrogens is 433 g/mol. The molecule has 3 aromatic rings. The molecule has 0 unspecified atom stereocenters. The number of hydrogen-bond acceptors (Lipinski definition) is 5. The van der Waals surface area contributed by atoms with Gasteiger partial charge in [0.15, 0.2) is 0 Å². The Morgan fingerprint density at radius 2 is 2.06 bits per heavy atom. The van der Waals surface area contributed by atoms with E-state index in [1.54, 1.807) is 31.5 Å². The van der Waals surface area contributed by atoms with Gasteiger partial charge in [-0.15, -0.1) is 0 Å². The Labute approximate surface area is 180 Å². The first kappa shape index (κ1) is 21.3. The van der Waals surface area contributed by atoms with Crippen LogP contribution in [0.1, 0.15) is 22.6 Å². The third-order valence-corrected chi connectivity index (χ3v) is 5.32. The average Bonchev–Trinajstić information content (AvgIpc) is 2.74. The van der Waals surface area contributed by atoms with Gasteiger partial charge in [-0.3, -0.25) is 14.7 Å². The fraction of sp³-hybridized carbons (Fsp3) is 0.286. The Kier molecular flexibility index (Phi) is 5.72. The van der Waals surface area contributed by atoms with Gasteiger partial charge >= 0.3 is 6.18 Å². The van der Waals surface area contributed by atoms with Crippen LogP contribution in [0, 0.1) is 0 Å². The van der Waals surface area contributed by atoms with Gasteiger partial charge in [0.25, 0.3) is 5.56 Å². The van der Waals surface area contributed by atoms with Crippen LogP contribution in [0.3, 0.4) is 0 Å². The van der Waals surface area contributed by atoms with Crippen molar-refractivity contribution in [1.29, 1.82) is 0 Å². The predicted octanol–water partition coefficient (Wildman–Crippen LogP) is 4.07.